The van der Waals surface area contributed by atoms with Crippen LogP contribution in [0.3, 0.4) is 0 Å². The number of benzene rings is 1. The van der Waals surface area contributed by atoms with Crippen LogP contribution in [0.5, 0.6) is 0 Å². The van der Waals surface area contributed by atoms with Crippen LogP contribution in [-0.4, -0.2) is 40.1 Å². The van der Waals surface area contributed by atoms with E-state index >= 15 is 0 Å². The highest BCUT2D eigenvalue weighted by atomic mass is 32.2. The quantitative estimate of drug-likeness (QED) is 0.627. The summed E-state index contributed by atoms with van der Waals surface area (Å²) in [6.07, 6.45) is 0. The fourth-order valence-electron chi connectivity index (χ4n) is 2.17. The second kappa shape index (κ2) is 7.35. The Morgan fingerprint density at radius 2 is 1.84 bits per heavy atom. The molecule has 1 aromatic carbocycles. The van der Waals surface area contributed by atoms with Crippen molar-refractivity contribution < 1.29 is 4.79 Å². The van der Waals surface area contributed by atoms with Gasteiger partial charge in [-0.05, 0) is 31.2 Å². The lowest BCUT2D eigenvalue weighted by Gasteiger charge is -2.17. The molecule has 0 aliphatic rings. The van der Waals surface area contributed by atoms with Crippen molar-refractivity contribution in [3.63, 3.8) is 0 Å². The summed E-state index contributed by atoms with van der Waals surface area (Å²) >= 11 is 1.29. The van der Waals surface area contributed by atoms with Crippen LogP contribution in [0.15, 0.2) is 29.4 Å². The van der Waals surface area contributed by atoms with Crippen LogP contribution in [-0.2, 0) is 10.2 Å². The van der Waals surface area contributed by atoms with Crippen LogP contribution in [0.25, 0.3) is 0 Å². The van der Waals surface area contributed by atoms with Gasteiger partial charge in [0, 0.05) is 30.9 Å². The number of carbonyl (C=O) groups is 1. The monoisotopic (exact) mass is 362 g/mol. The number of nitrogen functional groups attached to an aromatic ring is 1. The molecule has 2 aromatic rings. The minimum absolute atomic E-state index is 0.108. The summed E-state index contributed by atoms with van der Waals surface area (Å²) in [5, 5.41) is 11.3. The molecule has 0 spiro atoms. The lowest BCUT2D eigenvalue weighted by atomic mass is 9.96. The summed E-state index contributed by atoms with van der Waals surface area (Å²) in [6.45, 7) is 7.87. The van der Waals surface area contributed by atoms with Gasteiger partial charge in [0.15, 0.2) is 5.82 Å². The van der Waals surface area contributed by atoms with Gasteiger partial charge in [-0.25, -0.2) is 4.68 Å². The van der Waals surface area contributed by atoms with Crippen LogP contribution in [0, 0.1) is 0 Å². The van der Waals surface area contributed by atoms with Crippen molar-refractivity contribution in [2.45, 2.75) is 43.5 Å². The van der Waals surface area contributed by atoms with E-state index in [1.165, 1.54) is 16.4 Å². The van der Waals surface area contributed by atoms with Crippen molar-refractivity contribution in [1.29, 1.82) is 0 Å². The molecule has 7 nitrogen and oxygen atoms in total. The Hall–Kier alpha value is -2.22. The summed E-state index contributed by atoms with van der Waals surface area (Å²) in [5.41, 5.74) is 1.62. The Balaban J connectivity index is 2.02. The van der Waals surface area contributed by atoms with E-state index in [2.05, 4.69) is 15.5 Å². The Labute approximate surface area is 153 Å². The molecule has 3 N–H and O–H groups in total. The molecule has 2 rings (SSSR count). The third kappa shape index (κ3) is 4.66. The lowest BCUT2D eigenvalue weighted by molar-refractivity contribution is -0.115. The number of thioether (sulfide) groups is 1. The molecule has 1 aromatic heterocycles. The second-order valence-corrected chi connectivity index (χ2v) is 8.42. The van der Waals surface area contributed by atoms with Crippen molar-refractivity contribution >= 4 is 29.0 Å². The molecule has 0 aliphatic carbocycles. The fraction of sp³-hybridized carbons (Fsp3) is 0.471. The molecule has 136 valence electrons. The molecule has 0 bridgehead atoms. The van der Waals surface area contributed by atoms with Crippen LogP contribution >= 0.6 is 11.8 Å². The SMILES string of the molecule is CC(Sc1nnc(C(C)(C)C)n1N)C(=O)Nc1ccc(N(C)C)cc1. The lowest BCUT2D eigenvalue weighted by Crippen LogP contribution is -2.26. The zero-order chi connectivity index (χ0) is 18.8. The van der Waals surface area contributed by atoms with E-state index in [-0.39, 0.29) is 16.6 Å². The number of rotatable bonds is 5. The molecule has 0 saturated carbocycles. The predicted molar refractivity (Wildman–Crippen MR) is 104 cm³/mol. The van der Waals surface area contributed by atoms with E-state index in [9.17, 15) is 4.79 Å². The number of anilines is 2. The molecule has 1 amide bonds. The van der Waals surface area contributed by atoms with Crippen LogP contribution in [0.4, 0.5) is 11.4 Å². The van der Waals surface area contributed by atoms with Crippen LogP contribution in [0.1, 0.15) is 33.5 Å². The van der Waals surface area contributed by atoms with Crippen molar-refractivity contribution in [3.8, 4) is 0 Å². The van der Waals surface area contributed by atoms with Gasteiger partial charge in [0.05, 0.1) is 5.25 Å². The first-order valence-electron chi connectivity index (χ1n) is 8.05. The standard InChI is InChI=1S/C17H26N6OS/c1-11(25-16-21-20-15(23(16)18)17(2,3)4)14(24)19-12-7-9-13(10-8-12)22(5)6/h7-11H,18H2,1-6H3,(H,19,24). The largest absolute Gasteiger partial charge is 0.378 e. The van der Waals surface area contributed by atoms with Gasteiger partial charge in [-0.1, -0.05) is 32.5 Å². The molecule has 0 radical (unpaired) electrons. The average molecular weight is 363 g/mol. The van der Waals surface area contributed by atoms with Gasteiger partial charge in [-0.2, -0.15) is 0 Å². The Kier molecular flexibility index (Phi) is 5.62. The van der Waals surface area contributed by atoms with Gasteiger partial charge >= 0.3 is 0 Å². The van der Waals surface area contributed by atoms with E-state index in [1.54, 1.807) is 0 Å². The maximum absolute atomic E-state index is 12.4. The Morgan fingerprint density at radius 3 is 2.32 bits per heavy atom. The minimum atomic E-state index is -0.354. The predicted octanol–water partition coefficient (Wildman–Crippen LogP) is 2.47. The maximum Gasteiger partial charge on any atom is 0.237 e. The number of nitrogens with one attached hydrogen (secondary N) is 1. The zero-order valence-corrected chi connectivity index (χ0v) is 16.4. The van der Waals surface area contributed by atoms with Crippen LogP contribution < -0.4 is 16.1 Å². The molecule has 25 heavy (non-hydrogen) atoms. The molecular weight excluding hydrogens is 336 g/mol. The van der Waals surface area contributed by atoms with E-state index in [0.717, 1.165) is 11.4 Å². The molecular formula is C17H26N6OS. The third-order valence-electron chi connectivity index (χ3n) is 3.64. The molecule has 8 heteroatoms. The minimum Gasteiger partial charge on any atom is -0.378 e. The molecule has 1 atom stereocenters. The summed E-state index contributed by atoms with van der Waals surface area (Å²) in [7, 11) is 3.95. The average Bonchev–Trinajstić information content (AvgIpc) is 2.88. The van der Waals surface area contributed by atoms with Crippen LogP contribution in [0.2, 0.25) is 0 Å². The van der Waals surface area contributed by atoms with Crippen molar-refractivity contribution in [2.24, 2.45) is 0 Å². The highest BCUT2D eigenvalue weighted by molar-refractivity contribution is 8.00. The Bertz CT molecular complexity index is 733. The first-order valence-corrected chi connectivity index (χ1v) is 8.93. The zero-order valence-electron chi connectivity index (χ0n) is 15.6. The third-order valence-corrected chi connectivity index (χ3v) is 4.69. The maximum atomic E-state index is 12.4. The number of hydrogen-bond acceptors (Lipinski definition) is 6. The fourth-order valence-corrected chi connectivity index (χ4v) is 2.94. The number of aromatic nitrogens is 3. The highest BCUT2D eigenvalue weighted by Gasteiger charge is 2.25. The van der Waals surface area contributed by atoms with E-state index in [4.69, 9.17) is 5.84 Å². The van der Waals surface area contributed by atoms with Crippen molar-refractivity contribution in [1.82, 2.24) is 14.9 Å². The number of hydrogen-bond donors (Lipinski definition) is 2. The van der Waals surface area contributed by atoms with Gasteiger partial charge in [0.2, 0.25) is 11.1 Å². The summed E-state index contributed by atoms with van der Waals surface area (Å²) in [5.74, 6) is 6.64. The first kappa shape index (κ1) is 19.1. The van der Waals surface area contributed by atoms with Gasteiger partial charge in [0.1, 0.15) is 0 Å². The van der Waals surface area contributed by atoms with Crippen molar-refractivity contribution in [2.75, 3.05) is 30.2 Å². The summed E-state index contributed by atoms with van der Waals surface area (Å²) in [4.78, 5) is 14.4. The highest BCUT2D eigenvalue weighted by Crippen LogP contribution is 2.26. The van der Waals surface area contributed by atoms with E-state index in [0.29, 0.717) is 11.0 Å². The normalized spacial score (nSPS) is 12.7. The number of nitrogens with zero attached hydrogens (tertiary/aromatic N) is 4. The first-order chi connectivity index (χ1) is 11.6. The van der Waals surface area contributed by atoms with E-state index < -0.39 is 0 Å². The number of carbonyl (C=O) groups excluding carboxylic acids is 1. The molecule has 1 heterocycles. The molecule has 0 saturated heterocycles. The van der Waals surface area contributed by atoms with E-state index in [1.807, 2.05) is 71.0 Å². The van der Waals surface area contributed by atoms with Gasteiger partial charge < -0.3 is 16.1 Å². The summed E-state index contributed by atoms with van der Waals surface area (Å²) in [6, 6.07) is 7.68. The smallest absolute Gasteiger partial charge is 0.237 e. The summed E-state index contributed by atoms with van der Waals surface area (Å²) < 4.78 is 1.46. The second-order valence-electron chi connectivity index (χ2n) is 7.12. The van der Waals surface area contributed by atoms with Gasteiger partial charge in [-0.15, -0.1) is 10.2 Å². The number of nitrogens with two attached hydrogens (primary N) is 1. The molecule has 1 unspecified atom stereocenters. The van der Waals surface area contributed by atoms with Crippen molar-refractivity contribution in [3.05, 3.63) is 30.1 Å². The molecule has 0 fully saturated rings. The van der Waals surface area contributed by atoms with Gasteiger partial charge in [0.25, 0.3) is 0 Å². The molecule has 0 aliphatic heterocycles. The number of amides is 1. The topological polar surface area (TPSA) is 89.1 Å². The van der Waals surface area contributed by atoms with Gasteiger partial charge in [-0.3, -0.25) is 4.79 Å². The Morgan fingerprint density at radius 1 is 1.24 bits per heavy atom.